The van der Waals surface area contributed by atoms with E-state index in [9.17, 15) is 10.4 Å². The van der Waals surface area contributed by atoms with Gasteiger partial charge in [0.15, 0.2) is 0 Å². The van der Waals surface area contributed by atoms with Crippen molar-refractivity contribution in [1.29, 1.82) is 0 Å². The molecule has 4 nitrogen and oxygen atoms in total. The third-order valence-electron chi connectivity index (χ3n) is 2.78. The van der Waals surface area contributed by atoms with E-state index in [4.69, 9.17) is 0 Å². The Kier molecular flexibility index (Phi) is 3.93. The summed E-state index contributed by atoms with van der Waals surface area (Å²) in [5, 5.41) is 26.0. The Balaban J connectivity index is 2.33. The van der Waals surface area contributed by atoms with Crippen molar-refractivity contribution >= 4 is 10.8 Å². The van der Waals surface area contributed by atoms with Crippen LogP contribution < -0.4 is 0 Å². The standard InChI is InChI=1S/C14H16N2O2/c1-15(17)9-11-3-5-13-6-4-12(10-16(2)18)8-14(13)7-11/h3-8H,9-10H2,1-2H3/q-2. The van der Waals surface area contributed by atoms with Crippen LogP contribution in [-0.4, -0.2) is 24.2 Å². The van der Waals surface area contributed by atoms with Gasteiger partial charge in [-0.3, -0.25) is 0 Å². The molecule has 0 saturated heterocycles. The molecule has 2 aromatic rings. The molecule has 0 fully saturated rings. The molecule has 0 aliphatic heterocycles. The molecular weight excluding hydrogens is 228 g/mol. The fourth-order valence-electron chi connectivity index (χ4n) is 2.06. The minimum absolute atomic E-state index is 0.377. The maximum absolute atomic E-state index is 11.0. The Morgan fingerprint density at radius 1 is 0.778 bits per heavy atom. The second-order valence-corrected chi connectivity index (χ2v) is 4.59. The first-order valence-corrected chi connectivity index (χ1v) is 5.83. The highest BCUT2D eigenvalue weighted by Crippen LogP contribution is 2.19. The molecule has 0 saturated carbocycles. The topological polar surface area (TPSA) is 52.6 Å². The van der Waals surface area contributed by atoms with Crippen molar-refractivity contribution in [3.05, 3.63) is 57.9 Å². The summed E-state index contributed by atoms with van der Waals surface area (Å²) in [5.74, 6) is 0. The van der Waals surface area contributed by atoms with E-state index in [2.05, 4.69) is 0 Å². The number of rotatable bonds is 4. The van der Waals surface area contributed by atoms with Crippen LogP contribution in [0.1, 0.15) is 11.1 Å². The van der Waals surface area contributed by atoms with E-state index in [1.807, 2.05) is 36.4 Å². The molecule has 18 heavy (non-hydrogen) atoms. The second kappa shape index (κ2) is 5.46. The van der Waals surface area contributed by atoms with Gasteiger partial charge in [0.25, 0.3) is 0 Å². The molecule has 0 bridgehead atoms. The Bertz CT molecular complexity index is 494. The van der Waals surface area contributed by atoms with Crippen molar-refractivity contribution in [2.75, 3.05) is 14.1 Å². The molecule has 0 amide bonds. The molecule has 0 aromatic heterocycles. The van der Waals surface area contributed by atoms with Crippen LogP contribution in [0.3, 0.4) is 0 Å². The van der Waals surface area contributed by atoms with Crippen LogP contribution in [0, 0.1) is 10.4 Å². The molecule has 0 unspecified atom stereocenters. The van der Waals surface area contributed by atoms with E-state index in [0.29, 0.717) is 13.1 Å². The number of hydrogen-bond donors (Lipinski definition) is 0. The SMILES string of the molecule is CN([O-])Cc1ccc2ccc(CN(C)[O-])cc2c1. The third-order valence-corrected chi connectivity index (χ3v) is 2.78. The fourth-order valence-corrected chi connectivity index (χ4v) is 2.06. The summed E-state index contributed by atoms with van der Waals surface area (Å²) >= 11 is 0. The molecule has 0 atom stereocenters. The number of fused-ring (bicyclic) bond motifs is 1. The number of benzene rings is 2. The monoisotopic (exact) mass is 244 g/mol. The highest BCUT2D eigenvalue weighted by atomic mass is 16.5. The summed E-state index contributed by atoms with van der Waals surface area (Å²) in [6.45, 7) is 0.753. The lowest BCUT2D eigenvalue weighted by atomic mass is 10.0. The zero-order valence-electron chi connectivity index (χ0n) is 10.6. The predicted molar refractivity (Wildman–Crippen MR) is 73.6 cm³/mol. The number of hydroxylamine groups is 4. The van der Waals surface area contributed by atoms with Crippen molar-refractivity contribution in [2.24, 2.45) is 0 Å². The van der Waals surface area contributed by atoms with Crippen molar-refractivity contribution in [1.82, 2.24) is 10.1 Å². The van der Waals surface area contributed by atoms with E-state index in [-0.39, 0.29) is 0 Å². The molecule has 0 heterocycles. The van der Waals surface area contributed by atoms with Crippen LogP contribution in [0.2, 0.25) is 0 Å². The Morgan fingerprint density at radius 3 is 1.61 bits per heavy atom. The van der Waals surface area contributed by atoms with Gasteiger partial charge in [0.2, 0.25) is 0 Å². The van der Waals surface area contributed by atoms with Gasteiger partial charge in [-0.1, -0.05) is 24.3 Å². The summed E-state index contributed by atoms with van der Waals surface area (Å²) in [7, 11) is 3.01. The van der Waals surface area contributed by atoms with Gasteiger partial charge in [0.1, 0.15) is 0 Å². The normalized spacial score (nSPS) is 11.7. The van der Waals surface area contributed by atoms with Gasteiger partial charge in [0.05, 0.1) is 0 Å². The van der Waals surface area contributed by atoms with E-state index in [0.717, 1.165) is 32.0 Å². The summed E-state index contributed by atoms with van der Waals surface area (Å²) in [4.78, 5) is 0. The zero-order valence-corrected chi connectivity index (χ0v) is 10.6. The van der Waals surface area contributed by atoms with Gasteiger partial charge in [-0.15, -0.1) is 0 Å². The fraction of sp³-hybridized carbons (Fsp3) is 0.286. The summed E-state index contributed by atoms with van der Waals surface area (Å²) in [6.07, 6.45) is 0. The molecule has 0 aliphatic carbocycles. The van der Waals surface area contributed by atoms with Crippen molar-refractivity contribution in [2.45, 2.75) is 13.1 Å². The number of nitrogens with zero attached hydrogens (tertiary/aromatic N) is 2. The third kappa shape index (κ3) is 3.27. The van der Waals surface area contributed by atoms with E-state index in [1.165, 1.54) is 14.1 Å². The smallest absolute Gasteiger partial charge is 0.0112 e. The highest BCUT2D eigenvalue weighted by molar-refractivity contribution is 5.83. The van der Waals surface area contributed by atoms with Crippen molar-refractivity contribution in [3.8, 4) is 0 Å². The zero-order chi connectivity index (χ0) is 13.1. The Morgan fingerprint density at radius 2 is 1.22 bits per heavy atom. The average Bonchev–Trinajstić information content (AvgIpc) is 2.26. The largest absolute Gasteiger partial charge is 0.785 e. The first-order chi connectivity index (χ1) is 8.54. The van der Waals surface area contributed by atoms with E-state index >= 15 is 0 Å². The molecule has 4 heteroatoms. The minimum Gasteiger partial charge on any atom is -0.785 e. The predicted octanol–water partition coefficient (Wildman–Crippen LogP) is 2.70. The van der Waals surface area contributed by atoms with Crippen LogP contribution in [0.4, 0.5) is 0 Å². The van der Waals surface area contributed by atoms with Gasteiger partial charge in [-0.2, -0.15) is 0 Å². The molecule has 0 N–H and O–H groups in total. The van der Waals surface area contributed by atoms with Gasteiger partial charge in [0, 0.05) is 13.1 Å². The first-order valence-electron chi connectivity index (χ1n) is 5.83. The van der Waals surface area contributed by atoms with Crippen LogP contribution >= 0.6 is 0 Å². The van der Waals surface area contributed by atoms with Gasteiger partial charge < -0.3 is 20.5 Å². The summed E-state index contributed by atoms with van der Waals surface area (Å²) in [6, 6.07) is 11.9. The van der Waals surface area contributed by atoms with Gasteiger partial charge in [-0.05, 0) is 48.1 Å². The maximum Gasteiger partial charge on any atom is 0.0112 e. The van der Waals surface area contributed by atoms with Crippen LogP contribution in [-0.2, 0) is 13.1 Å². The van der Waals surface area contributed by atoms with Gasteiger partial charge in [-0.25, -0.2) is 0 Å². The van der Waals surface area contributed by atoms with Crippen LogP contribution in [0.5, 0.6) is 0 Å². The highest BCUT2D eigenvalue weighted by Gasteiger charge is 1.99. The molecule has 0 aliphatic rings. The average molecular weight is 244 g/mol. The molecule has 96 valence electrons. The van der Waals surface area contributed by atoms with Gasteiger partial charge >= 0.3 is 0 Å². The summed E-state index contributed by atoms with van der Waals surface area (Å²) < 4.78 is 0. The first kappa shape index (κ1) is 13.0. The van der Waals surface area contributed by atoms with E-state index < -0.39 is 0 Å². The number of hydrogen-bond acceptors (Lipinski definition) is 4. The molecule has 0 spiro atoms. The van der Waals surface area contributed by atoms with Crippen molar-refractivity contribution in [3.63, 3.8) is 0 Å². The molecule has 2 rings (SSSR count). The maximum atomic E-state index is 11.0. The molecule has 2 aromatic carbocycles. The molecule has 0 radical (unpaired) electrons. The Labute approximate surface area is 107 Å². The van der Waals surface area contributed by atoms with Crippen molar-refractivity contribution < 1.29 is 0 Å². The lowest BCUT2D eigenvalue weighted by Crippen LogP contribution is -2.08. The quantitative estimate of drug-likeness (QED) is 0.776. The second-order valence-electron chi connectivity index (χ2n) is 4.59. The van der Waals surface area contributed by atoms with Crippen LogP contribution in [0.15, 0.2) is 36.4 Å². The lowest BCUT2D eigenvalue weighted by molar-refractivity contribution is 0.453. The van der Waals surface area contributed by atoms with E-state index in [1.54, 1.807) is 0 Å². The van der Waals surface area contributed by atoms with Crippen LogP contribution in [0.25, 0.3) is 10.8 Å². The minimum atomic E-state index is 0.377. The Hall–Kier alpha value is -1.46. The summed E-state index contributed by atoms with van der Waals surface area (Å²) in [5.41, 5.74) is 1.96. The lowest BCUT2D eigenvalue weighted by Gasteiger charge is -2.23. The molecular formula is C14H16N2O2-2.